The van der Waals surface area contributed by atoms with E-state index in [-0.39, 0.29) is 5.82 Å². The molecule has 0 aliphatic rings. The van der Waals surface area contributed by atoms with E-state index in [2.05, 4.69) is 27.0 Å². The fourth-order valence-corrected chi connectivity index (χ4v) is 2.37. The number of aryl methyl sites for hydroxylation is 2. The average molecular weight is 322 g/mol. The second kappa shape index (κ2) is 5.54. The number of imidazole rings is 1. The number of benzene rings is 1. The molecule has 1 aromatic carbocycles. The SMILES string of the molecule is CCc1nc(CC)n(-c2ccc(Br)cc2F)c1C#N. The number of hydrogen-bond acceptors (Lipinski definition) is 2. The first-order valence-electron chi connectivity index (χ1n) is 6.08. The zero-order chi connectivity index (χ0) is 14.0. The van der Waals surface area contributed by atoms with Gasteiger partial charge in [0.25, 0.3) is 0 Å². The van der Waals surface area contributed by atoms with E-state index in [0.29, 0.717) is 40.2 Å². The molecule has 0 aliphatic heterocycles. The second-order valence-corrected chi connectivity index (χ2v) is 4.99. The van der Waals surface area contributed by atoms with Gasteiger partial charge in [0.2, 0.25) is 0 Å². The summed E-state index contributed by atoms with van der Waals surface area (Å²) in [6.45, 7) is 3.88. The van der Waals surface area contributed by atoms with Crippen molar-refractivity contribution < 1.29 is 4.39 Å². The van der Waals surface area contributed by atoms with Gasteiger partial charge in [-0.05, 0) is 24.6 Å². The molecule has 1 heterocycles. The molecule has 0 fully saturated rings. The van der Waals surface area contributed by atoms with Gasteiger partial charge >= 0.3 is 0 Å². The maximum Gasteiger partial charge on any atom is 0.148 e. The van der Waals surface area contributed by atoms with Crippen LogP contribution in [0.3, 0.4) is 0 Å². The topological polar surface area (TPSA) is 41.6 Å². The van der Waals surface area contributed by atoms with Gasteiger partial charge in [0.15, 0.2) is 0 Å². The van der Waals surface area contributed by atoms with Gasteiger partial charge in [0.1, 0.15) is 23.4 Å². The van der Waals surface area contributed by atoms with Crippen LogP contribution in [0.1, 0.15) is 31.1 Å². The third kappa shape index (κ3) is 2.41. The van der Waals surface area contributed by atoms with E-state index in [9.17, 15) is 9.65 Å². The summed E-state index contributed by atoms with van der Waals surface area (Å²) < 4.78 is 16.4. The molecule has 0 unspecified atom stereocenters. The standard InChI is InChI=1S/C14H13BrFN3/c1-3-11-13(8-17)19(14(4-2)18-11)12-6-5-9(15)7-10(12)16/h5-7H,3-4H2,1-2H3. The smallest absolute Gasteiger partial charge is 0.148 e. The van der Waals surface area contributed by atoms with Gasteiger partial charge in [0, 0.05) is 10.9 Å². The molecule has 0 saturated carbocycles. The molecule has 0 bridgehead atoms. The number of nitriles is 1. The van der Waals surface area contributed by atoms with Gasteiger partial charge in [-0.15, -0.1) is 0 Å². The minimum Gasteiger partial charge on any atom is -0.285 e. The van der Waals surface area contributed by atoms with Crippen molar-refractivity contribution in [2.24, 2.45) is 0 Å². The third-order valence-electron chi connectivity index (χ3n) is 2.93. The monoisotopic (exact) mass is 321 g/mol. The summed E-state index contributed by atoms with van der Waals surface area (Å²) in [5.41, 5.74) is 1.49. The van der Waals surface area contributed by atoms with Crippen molar-refractivity contribution in [2.75, 3.05) is 0 Å². The highest BCUT2D eigenvalue weighted by atomic mass is 79.9. The van der Waals surface area contributed by atoms with E-state index in [4.69, 9.17) is 0 Å². The number of nitrogens with zero attached hydrogens (tertiary/aromatic N) is 3. The van der Waals surface area contributed by atoms with Crippen LogP contribution in [0.25, 0.3) is 5.69 Å². The Balaban J connectivity index is 2.73. The summed E-state index contributed by atoms with van der Waals surface area (Å²) in [4.78, 5) is 4.42. The van der Waals surface area contributed by atoms with E-state index < -0.39 is 0 Å². The first kappa shape index (κ1) is 13.8. The predicted octanol–water partition coefficient (Wildman–Crippen LogP) is 3.77. The summed E-state index contributed by atoms with van der Waals surface area (Å²) in [6, 6.07) is 6.93. The zero-order valence-electron chi connectivity index (χ0n) is 10.7. The molecule has 5 heteroatoms. The molecule has 0 radical (unpaired) electrons. The van der Waals surface area contributed by atoms with Crippen molar-refractivity contribution >= 4 is 15.9 Å². The Kier molecular flexibility index (Phi) is 4.01. The van der Waals surface area contributed by atoms with E-state index >= 15 is 0 Å². The van der Waals surface area contributed by atoms with Crippen LogP contribution in [0.2, 0.25) is 0 Å². The summed E-state index contributed by atoms with van der Waals surface area (Å²) in [5.74, 6) is 0.329. The Hall–Kier alpha value is -1.67. The molecule has 0 N–H and O–H groups in total. The van der Waals surface area contributed by atoms with Crippen LogP contribution < -0.4 is 0 Å². The molecule has 3 nitrogen and oxygen atoms in total. The minimum atomic E-state index is -0.374. The van der Waals surface area contributed by atoms with Gasteiger partial charge in [-0.2, -0.15) is 5.26 Å². The molecule has 0 spiro atoms. The maximum absolute atomic E-state index is 14.1. The summed E-state index contributed by atoms with van der Waals surface area (Å²) in [5, 5.41) is 9.30. The summed E-state index contributed by atoms with van der Waals surface area (Å²) >= 11 is 3.23. The number of aromatic nitrogens is 2. The molecule has 0 atom stereocenters. The summed E-state index contributed by atoms with van der Waals surface area (Å²) in [7, 11) is 0. The van der Waals surface area contributed by atoms with E-state index in [1.165, 1.54) is 6.07 Å². The number of halogens is 2. The minimum absolute atomic E-state index is 0.365. The van der Waals surface area contributed by atoms with Crippen molar-refractivity contribution in [1.29, 1.82) is 5.26 Å². The van der Waals surface area contributed by atoms with Gasteiger partial charge in [-0.3, -0.25) is 4.57 Å². The van der Waals surface area contributed by atoms with Crippen LogP contribution in [-0.4, -0.2) is 9.55 Å². The van der Waals surface area contributed by atoms with Crippen LogP contribution in [-0.2, 0) is 12.8 Å². The second-order valence-electron chi connectivity index (χ2n) is 4.07. The first-order valence-corrected chi connectivity index (χ1v) is 6.87. The van der Waals surface area contributed by atoms with Crippen molar-refractivity contribution in [1.82, 2.24) is 9.55 Å². The normalized spacial score (nSPS) is 10.5. The molecule has 2 rings (SSSR count). The Labute approximate surface area is 119 Å². The van der Waals surface area contributed by atoms with Crippen LogP contribution in [0, 0.1) is 17.1 Å². The molecular formula is C14H13BrFN3. The Morgan fingerprint density at radius 2 is 2.11 bits per heavy atom. The molecule has 0 aliphatic carbocycles. The molecule has 0 saturated heterocycles. The lowest BCUT2D eigenvalue weighted by Crippen LogP contribution is -2.05. The van der Waals surface area contributed by atoms with Gasteiger partial charge in [-0.1, -0.05) is 29.8 Å². The Morgan fingerprint density at radius 3 is 2.63 bits per heavy atom. The molecule has 2 aromatic rings. The van der Waals surface area contributed by atoms with E-state index in [1.54, 1.807) is 16.7 Å². The number of hydrogen-bond donors (Lipinski definition) is 0. The van der Waals surface area contributed by atoms with E-state index in [1.807, 2.05) is 13.8 Å². The third-order valence-corrected chi connectivity index (χ3v) is 3.42. The Bertz CT molecular complexity index is 655. The highest BCUT2D eigenvalue weighted by molar-refractivity contribution is 9.10. The first-order chi connectivity index (χ1) is 9.12. The molecule has 98 valence electrons. The highest BCUT2D eigenvalue weighted by Crippen LogP contribution is 2.24. The van der Waals surface area contributed by atoms with Gasteiger partial charge in [0.05, 0.1) is 11.4 Å². The maximum atomic E-state index is 14.1. The van der Waals surface area contributed by atoms with Gasteiger partial charge in [-0.25, -0.2) is 9.37 Å². The lowest BCUT2D eigenvalue weighted by molar-refractivity contribution is 0.614. The lowest BCUT2D eigenvalue weighted by Gasteiger charge is -2.09. The quantitative estimate of drug-likeness (QED) is 0.863. The fourth-order valence-electron chi connectivity index (χ4n) is 2.04. The fraction of sp³-hybridized carbons (Fsp3) is 0.286. The predicted molar refractivity (Wildman–Crippen MR) is 74.7 cm³/mol. The zero-order valence-corrected chi connectivity index (χ0v) is 12.3. The van der Waals surface area contributed by atoms with Crippen LogP contribution in [0.4, 0.5) is 4.39 Å². The van der Waals surface area contributed by atoms with Crippen LogP contribution in [0.15, 0.2) is 22.7 Å². The number of rotatable bonds is 3. The Morgan fingerprint density at radius 1 is 1.37 bits per heavy atom. The van der Waals surface area contributed by atoms with Gasteiger partial charge < -0.3 is 0 Å². The lowest BCUT2D eigenvalue weighted by atomic mass is 10.2. The largest absolute Gasteiger partial charge is 0.285 e. The highest BCUT2D eigenvalue weighted by Gasteiger charge is 2.18. The molecule has 1 aromatic heterocycles. The van der Waals surface area contributed by atoms with Crippen molar-refractivity contribution in [3.63, 3.8) is 0 Å². The van der Waals surface area contributed by atoms with Crippen LogP contribution in [0.5, 0.6) is 0 Å². The van der Waals surface area contributed by atoms with Crippen LogP contribution >= 0.6 is 15.9 Å². The molecular weight excluding hydrogens is 309 g/mol. The van der Waals surface area contributed by atoms with E-state index in [0.717, 1.165) is 0 Å². The molecule has 0 amide bonds. The molecule has 19 heavy (non-hydrogen) atoms. The summed E-state index contributed by atoms with van der Waals surface area (Å²) in [6.07, 6.45) is 1.30. The van der Waals surface area contributed by atoms with Crippen molar-refractivity contribution in [3.8, 4) is 11.8 Å². The average Bonchev–Trinajstić information content (AvgIpc) is 2.76. The van der Waals surface area contributed by atoms with Crippen molar-refractivity contribution in [2.45, 2.75) is 26.7 Å². The van der Waals surface area contributed by atoms with Crippen molar-refractivity contribution in [3.05, 3.63) is 45.7 Å².